The van der Waals surface area contributed by atoms with E-state index in [4.69, 9.17) is 9.47 Å². The van der Waals surface area contributed by atoms with Gasteiger partial charge < -0.3 is 14.8 Å². The third-order valence-corrected chi connectivity index (χ3v) is 1.76. The minimum absolute atomic E-state index is 0.277. The molecule has 0 unspecified atom stereocenters. The summed E-state index contributed by atoms with van der Waals surface area (Å²) in [6.45, 7) is 11.1. The molecule has 1 heterocycles. The lowest BCUT2D eigenvalue weighted by Crippen LogP contribution is -2.24. The maximum atomic E-state index is 5.63. The van der Waals surface area contributed by atoms with Gasteiger partial charge >= 0.3 is 12.0 Å². The van der Waals surface area contributed by atoms with Crippen LogP contribution in [-0.2, 0) is 0 Å². The summed E-state index contributed by atoms with van der Waals surface area (Å²) >= 11 is 0. The van der Waals surface area contributed by atoms with Crippen LogP contribution in [0.4, 0.5) is 5.95 Å². The largest absolute Gasteiger partial charge is 0.463 e. The van der Waals surface area contributed by atoms with Crippen molar-refractivity contribution in [3.05, 3.63) is 0 Å². The van der Waals surface area contributed by atoms with Gasteiger partial charge in [0.05, 0.1) is 6.61 Å². The molecule has 0 saturated heterocycles. The minimum atomic E-state index is -0.354. The predicted octanol–water partition coefficient (Wildman–Crippen LogP) is 2.27. The van der Waals surface area contributed by atoms with E-state index in [9.17, 15) is 0 Å². The maximum Gasteiger partial charge on any atom is 0.324 e. The molecule has 0 saturated carbocycles. The van der Waals surface area contributed by atoms with Crippen molar-refractivity contribution in [1.29, 1.82) is 0 Å². The average Bonchev–Trinajstić information content (AvgIpc) is 2.24. The van der Waals surface area contributed by atoms with Crippen LogP contribution < -0.4 is 14.8 Å². The number of anilines is 1. The van der Waals surface area contributed by atoms with Crippen LogP contribution in [0.5, 0.6) is 12.0 Å². The van der Waals surface area contributed by atoms with E-state index in [-0.39, 0.29) is 11.6 Å². The van der Waals surface area contributed by atoms with Crippen molar-refractivity contribution >= 4 is 5.95 Å². The van der Waals surface area contributed by atoms with Crippen LogP contribution in [0.15, 0.2) is 0 Å². The summed E-state index contributed by atoms with van der Waals surface area (Å²) in [4.78, 5) is 12.5. The molecule has 0 spiro atoms. The molecule has 6 nitrogen and oxygen atoms in total. The first-order chi connectivity index (χ1) is 8.44. The monoisotopic (exact) mass is 254 g/mol. The Morgan fingerprint density at radius 1 is 1.06 bits per heavy atom. The van der Waals surface area contributed by atoms with Crippen LogP contribution in [0.2, 0.25) is 0 Å². The van der Waals surface area contributed by atoms with Crippen molar-refractivity contribution in [3.8, 4) is 12.0 Å². The van der Waals surface area contributed by atoms with Gasteiger partial charge in [0.2, 0.25) is 5.95 Å². The zero-order valence-corrected chi connectivity index (χ0v) is 11.8. The first-order valence-corrected chi connectivity index (χ1v) is 6.26. The molecule has 0 radical (unpaired) electrons. The summed E-state index contributed by atoms with van der Waals surface area (Å²) in [6, 6.07) is 0.571. The topological polar surface area (TPSA) is 69.2 Å². The standard InChI is InChI=1S/C12H22N4O2/c1-6-8-17-10-14-9(13-7-2)15-11(16-10)18-12(3,4)5/h6-8H2,1-5H3,(H,13,14,15,16). The molecule has 0 aromatic carbocycles. The van der Waals surface area contributed by atoms with E-state index >= 15 is 0 Å². The molecule has 102 valence electrons. The van der Waals surface area contributed by atoms with Crippen LogP contribution >= 0.6 is 0 Å². The van der Waals surface area contributed by atoms with Gasteiger partial charge in [-0.1, -0.05) is 6.92 Å². The predicted molar refractivity (Wildman–Crippen MR) is 70.2 cm³/mol. The van der Waals surface area contributed by atoms with Crippen LogP contribution in [0.1, 0.15) is 41.0 Å². The molecule has 6 heteroatoms. The lowest BCUT2D eigenvalue weighted by atomic mass is 10.2. The van der Waals surface area contributed by atoms with Crippen molar-refractivity contribution in [1.82, 2.24) is 15.0 Å². The van der Waals surface area contributed by atoms with Crippen LogP contribution in [0.3, 0.4) is 0 Å². The van der Waals surface area contributed by atoms with E-state index in [1.165, 1.54) is 0 Å². The first-order valence-electron chi connectivity index (χ1n) is 6.26. The Morgan fingerprint density at radius 2 is 1.72 bits per heavy atom. The number of nitrogens with one attached hydrogen (secondary N) is 1. The molecule has 1 rings (SSSR count). The highest BCUT2D eigenvalue weighted by molar-refractivity contribution is 5.27. The fourth-order valence-electron chi connectivity index (χ4n) is 1.15. The van der Waals surface area contributed by atoms with Gasteiger partial charge in [0, 0.05) is 6.54 Å². The molecule has 0 bridgehead atoms. The summed E-state index contributed by atoms with van der Waals surface area (Å²) in [5.74, 6) is 0.470. The SMILES string of the molecule is CCCOc1nc(NCC)nc(OC(C)(C)C)n1. The van der Waals surface area contributed by atoms with Gasteiger partial charge in [-0.2, -0.15) is 9.97 Å². The first kappa shape index (κ1) is 14.5. The summed E-state index contributed by atoms with van der Waals surface area (Å²) in [5.41, 5.74) is -0.354. The summed E-state index contributed by atoms with van der Waals surface area (Å²) in [6.07, 6.45) is 0.900. The molecule has 0 fully saturated rings. The Morgan fingerprint density at radius 3 is 2.28 bits per heavy atom. The van der Waals surface area contributed by atoms with Gasteiger partial charge in [-0.3, -0.25) is 0 Å². The lowest BCUT2D eigenvalue weighted by Gasteiger charge is -2.19. The molecular formula is C12H22N4O2. The van der Waals surface area contributed by atoms with Gasteiger partial charge in [-0.15, -0.1) is 4.98 Å². The fourth-order valence-corrected chi connectivity index (χ4v) is 1.15. The summed E-state index contributed by atoms with van der Waals surface area (Å²) in [5, 5.41) is 3.03. The molecule has 1 aromatic rings. The molecular weight excluding hydrogens is 232 g/mol. The molecule has 1 N–H and O–H groups in total. The van der Waals surface area contributed by atoms with E-state index in [2.05, 4.69) is 20.3 Å². The van der Waals surface area contributed by atoms with Crippen molar-refractivity contribution in [2.75, 3.05) is 18.5 Å². The maximum absolute atomic E-state index is 5.63. The van der Waals surface area contributed by atoms with Gasteiger partial charge in [0.1, 0.15) is 5.60 Å². The molecule has 0 aliphatic heterocycles. The Hall–Kier alpha value is -1.59. The summed E-state index contributed by atoms with van der Waals surface area (Å²) < 4.78 is 11.0. The van der Waals surface area contributed by atoms with E-state index in [1.54, 1.807) is 0 Å². The molecule has 18 heavy (non-hydrogen) atoms. The van der Waals surface area contributed by atoms with E-state index in [0.717, 1.165) is 13.0 Å². The number of rotatable bonds is 6. The highest BCUT2D eigenvalue weighted by Crippen LogP contribution is 2.17. The van der Waals surface area contributed by atoms with Crippen LogP contribution in [0.25, 0.3) is 0 Å². The fraction of sp³-hybridized carbons (Fsp3) is 0.750. The normalized spacial score (nSPS) is 11.2. The van der Waals surface area contributed by atoms with Crippen molar-refractivity contribution in [2.45, 2.75) is 46.6 Å². The average molecular weight is 254 g/mol. The van der Waals surface area contributed by atoms with Crippen molar-refractivity contribution in [2.24, 2.45) is 0 Å². The van der Waals surface area contributed by atoms with Crippen molar-refractivity contribution < 1.29 is 9.47 Å². The van der Waals surface area contributed by atoms with Gasteiger partial charge in [0.15, 0.2) is 0 Å². The van der Waals surface area contributed by atoms with Gasteiger partial charge in [-0.05, 0) is 34.1 Å². The third kappa shape index (κ3) is 5.16. The highest BCUT2D eigenvalue weighted by atomic mass is 16.5. The second kappa shape index (κ2) is 6.37. The zero-order valence-electron chi connectivity index (χ0n) is 11.8. The zero-order chi connectivity index (χ0) is 13.6. The third-order valence-electron chi connectivity index (χ3n) is 1.76. The van der Waals surface area contributed by atoms with Crippen molar-refractivity contribution in [3.63, 3.8) is 0 Å². The molecule has 0 aliphatic carbocycles. The molecule has 0 atom stereocenters. The van der Waals surface area contributed by atoms with Gasteiger partial charge in [0.25, 0.3) is 0 Å². The number of hydrogen-bond acceptors (Lipinski definition) is 6. The molecule has 1 aromatic heterocycles. The number of nitrogens with zero attached hydrogens (tertiary/aromatic N) is 3. The van der Waals surface area contributed by atoms with E-state index in [1.807, 2.05) is 34.6 Å². The Bertz CT molecular complexity index is 377. The highest BCUT2D eigenvalue weighted by Gasteiger charge is 2.16. The minimum Gasteiger partial charge on any atom is -0.463 e. The molecule has 0 amide bonds. The Kier molecular flexibility index (Phi) is 5.12. The number of ether oxygens (including phenoxy) is 2. The number of hydrogen-bond donors (Lipinski definition) is 1. The smallest absolute Gasteiger partial charge is 0.324 e. The second-order valence-corrected chi connectivity index (χ2v) is 4.82. The second-order valence-electron chi connectivity index (χ2n) is 4.82. The summed E-state index contributed by atoms with van der Waals surface area (Å²) in [7, 11) is 0. The number of aromatic nitrogens is 3. The quantitative estimate of drug-likeness (QED) is 0.839. The Labute approximate surface area is 108 Å². The van der Waals surface area contributed by atoms with Gasteiger partial charge in [-0.25, -0.2) is 0 Å². The Balaban J connectivity index is 2.90. The van der Waals surface area contributed by atoms with E-state index in [0.29, 0.717) is 18.6 Å². The molecule has 0 aliphatic rings. The lowest BCUT2D eigenvalue weighted by molar-refractivity contribution is 0.114. The van der Waals surface area contributed by atoms with Crippen LogP contribution in [0, 0.1) is 0 Å². The van der Waals surface area contributed by atoms with E-state index < -0.39 is 0 Å². The van der Waals surface area contributed by atoms with Crippen LogP contribution in [-0.4, -0.2) is 33.7 Å².